The van der Waals surface area contributed by atoms with Gasteiger partial charge in [0.1, 0.15) is 0 Å². The fourth-order valence-electron chi connectivity index (χ4n) is 4.04. The van der Waals surface area contributed by atoms with Crippen LogP contribution in [-0.4, -0.2) is 41.0 Å². The Hall–Kier alpha value is -1.62. The van der Waals surface area contributed by atoms with Crippen molar-refractivity contribution in [2.75, 3.05) is 24.2 Å². The van der Waals surface area contributed by atoms with Gasteiger partial charge in [-0.05, 0) is 50.0 Å². The molecule has 0 spiro atoms. The summed E-state index contributed by atoms with van der Waals surface area (Å²) in [4.78, 5) is 24.4. The van der Waals surface area contributed by atoms with E-state index in [1.54, 1.807) is 0 Å². The summed E-state index contributed by atoms with van der Waals surface area (Å²) in [5.74, 6) is -1.69. The Morgan fingerprint density at radius 2 is 1.79 bits per heavy atom. The number of carboxylic acid groups (broad SMARTS) is 1. The molecule has 0 radical (unpaired) electrons. The molecule has 1 aliphatic rings. The molecular formula is C22H35N2O4P. The van der Waals surface area contributed by atoms with Crippen molar-refractivity contribution < 1.29 is 19.4 Å². The molecular weight excluding hydrogens is 387 g/mol. The monoisotopic (exact) mass is 422 g/mol. The van der Waals surface area contributed by atoms with Gasteiger partial charge < -0.3 is 20.6 Å². The molecule has 2 unspecified atom stereocenters. The highest BCUT2D eigenvalue weighted by Gasteiger charge is 2.32. The number of rotatable bonds is 10. The lowest BCUT2D eigenvalue weighted by Gasteiger charge is -2.27. The quantitative estimate of drug-likeness (QED) is 0.378. The molecule has 1 aromatic rings. The van der Waals surface area contributed by atoms with Crippen LogP contribution in [0, 0.1) is 5.92 Å². The van der Waals surface area contributed by atoms with Crippen LogP contribution in [0.4, 0.5) is 5.69 Å². The van der Waals surface area contributed by atoms with E-state index in [2.05, 4.69) is 18.7 Å². The van der Waals surface area contributed by atoms with Crippen molar-refractivity contribution in [3.05, 3.63) is 35.4 Å². The van der Waals surface area contributed by atoms with Gasteiger partial charge in [0.15, 0.2) is 0 Å². The molecule has 2 atom stereocenters. The van der Waals surface area contributed by atoms with Gasteiger partial charge in [0.25, 0.3) is 0 Å². The second kappa shape index (κ2) is 11.0. The molecule has 29 heavy (non-hydrogen) atoms. The summed E-state index contributed by atoms with van der Waals surface area (Å²) in [6.07, 6.45) is 7.11. The summed E-state index contributed by atoms with van der Waals surface area (Å²) in [7, 11) is -3.81. The Morgan fingerprint density at radius 3 is 2.31 bits per heavy atom. The molecule has 7 heteroatoms. The van der Waals surface area contributed by atoms with Crippen LogP contribution in [-0.2, 0) is 9.36 Å². The van der Waals surface area contributed by atoms with Gasteiger partial charge in [0, 0.05) is 24.4 Å². The van der Waals surface area contributed by atoms with Gasteiger partial charge in [-0.2, -0.15) is 0 Å². The first-order valence-electron chi connectivity index (χ1n) is 10.6. The van der Waals surface area contributed by atoms with Crippen LogP contribution < -0.4 is 10.6 Å². The summed E-state index contributed by atoms with van der Waals surface area (Å²) >= 11 is 0. The van der Waals surface area contributed by atoms with Crippen LogP contribution in [0.15, 0.2) is 29.8 Å². The number of hydrogen-bond acceptors (Lipinski definition) is 4. The predicted molar refractivity (Wildman–Crippen MR) is 119 cm³/mol. The van der Waals surface area contributed by atoms with E-state index in [0.717, 1.165) is 44.5 Å². The summed E-state index contributed by atoms with van der Waals surface area (Å²) in [5, 5.41) is 9.57. The summed E-state index contributed by atoms with van der Waals surface area (Å²) in [5.41, 5.74) is 7.75. The third kappa shape index (κ3) is 6.98. The molecule has 0 aliphatic heterocycles. The molecule has 0 heterocycles. The molecule has 162 valence electrons. The van der Waals surface area contributed by atoms with Gasteiger partial charge in [-0.15, -0.1) is 0 Å². The summed E-state index contributed by atoms with van der Waals surface area (Å²) < 4.78 is 12.8. The Kier molecular flexibility index (Phi) is 8.94. The van der Waals surface area contributed by atoms with Crippen LogP contribution in [0.5, 0.6) is 0 Å². The van der Waals surface area contributed by atoms with E-state index in [1.165, 1.54) is 12.5 Å². The highest BCUT2D eigenvalue weighted by molar-refractivity contribution is 7.59. The fraction of sp³-hybridized carbons (Fsp3) is 0.591. The minimum absolute atomic E-state index is 0.0782. The van der Waals surface area contributed by atoms with Gasteiger partial charge in [0.05, 0.1) is 11.9 Å². The smallest absolute Gasteiger partial charge is 0.332 e. The van der Waals surface area contributed by atoms with Crippen molar-refractivity contribution in [1.82, 2.24) is 0 Å². The molecule has 0 aromatic heterocycles. The minimum Gasteiger partial charge on any atom is -0.478 e. The average molecular weight is 423 g/mol. The topological polar surface area (TPSA) is 104 Å². The average Bonchev–Trinajstić information content (AvgIpc) is 2.70. The molecule has 0 bridgehead atoms. The second-order valence-corrected chi connectivity index (χ2v) is 10.5. The largest absolute Gasteiger partial charge is 0.478 e. The molecule has 1 fully saturated rings. The highest BCUT2D eigenvalue weighted by atomic mass is 31.2. The lowest BCUT2D eigenvalue weighted by molar-refractivity contribution is -0.132. The molecule has 4 N–H and O–H groups in total. The zero-order valence-electron chi connectivity index (χ0n) is 17.6. The first kappa shape index (κ1) is 23.7. The second-order valence-electron chi connectivity index (χ2n) is 7.96. The van der Waals surface area contributed by atoms with Gasteiger partial charge >= 0.3 is 5.97 Å². The molecule has 6 nitrogen and oxygen atoms in total. The van der Waals surface area contributed by atoms with Gasteiger partial charge in [-0.25, -0.2) is 4.79 Å². The van der Waals surface area contributed by atoms with Gasteiger partial charge in [0.2, 0.25) is 7.37 Å². The highest BCUT2D eigenvalue weighted by Crippen LogP contribution is 2.49. The lowest BCUT2D eigenvalue weighted by atomic mass is 9.87. The number of carbonyl (C=O) groups is 1. The maximum Gasteiger partial charge on any atom is 0.332 e. The molecule has 1 aliphatic carbocycles. The van der Waals surface area contributed by atoms with E-state index in [1.807, 2.05) is 24.3 Å². The molecule has 1 aromatic carbocycles. The molecule has 1 saturated carbocycles. The lowest BCUT2D eigenvalue weighted by Crippen LogP contribution is -2.27. The van der Waals surface area contributed by atoms with Crippen molar-refractivity contribution in [3.63, 3.8) is 0 Å². The third-order valence-electron chi connectivity index (χ3n) is 5.85. The van der Waals surface area contributed by atoms with Crippen molar-refractivity contribution in [2.45, 2.75) is 58.2 Å². The zero-order valence-corrected chi connectivity index (χ0v) is 18.5. The maximum atomic E-state index is 12.8. The van der Waals surface area contributed by atoms with Crippen LogP contribution >= 0.6 is 7.37 Å². The Bertz CT molecular complexity index is 738. The number of nitrogens with two attached hydrogens (primary N) is 1. The van der Waals surface area contributed by atoms with E-state index in [0.29, 0.717) is 17.9 Å². The van der Waals surface area contributed by atoms with Gasteiger partial charge in [-0.3, -0.25) is 4.57 Å². The first-order chi connectivity index (χ1) is 13.8. The standard InChI is InChI=1S/C22H35N2O4P/c1-3-24(4-2)20-12-10-18(11-13-20)14-19(22(25)26)16-29(27,28)21(23)15-17-8-6-5-7-9-17/h10-14,17,21H,3-9,15-16,23H2,1-2H3,(H,25,26)(H,27,28)/b19-14+. The van der Waals surface area contributed by atoms with E-state index in [4.69, 9.17) is 5.73 Å². The summed E-state index contributed by atoms with van der Waals surface area (Å²) in [6, 6.07) is 7.54. The van der Waals surface area contributed by atoms with Crippen LogP contribution in [0.2, 0.25) is 0 Å². The number of anilines is 1. The van der Waals surface area contributed by atoms with Crippen LogP contribution in [0.3, 0.4) is 0 Å². The van der Waals surface area contributed by atoms with Gasteiger partial charge in [-0.1, -0.05) is 44.2 Å². The Labute approximate surface area is 174 Å². The maximum absolute atomic E-state index is 12.8. The third-order valence-corrected chi connectivity index (χ3v) is 7.89. The first-order valence-corrected chi connectivity index (χ1v) is 12.5. The number of hydrogen-bond donors (Lipinski definition) is 3. The molecule has 0 amide bonds. The normalized spacial score (nSPS) is 18.8. The fourth-order valence-corrected chi connectivity index (χ4v) is 5.61. The van der Waals surface area contributed by atoms with Crippen molar-refractivity contribution in [3.8, 4) is 0 Å². The minimum atomic E-state index is -3.81. The van der Waals surface area contributed by atoms with E-state index in [9.17, 15) is 19.4 Å². The number of carboxylic acids is 1. The van der Waals surface area contributed by atoms with Crippen molar-refractivity contribution in [2.24, 2.45) is 11.7 Å². The van der Waals surface area contributed by atoms with Crippen LogP contribution in [0.25, 0.3) is 6.08 Å². The zero-order chi connectivity index (χ0) is 21.4. The van der Waals surface area contributed by atoms with Crippen LogP contribution in [0.1, 0.15) is 57.9 Å². The SMILES string of the molecule is CCN(CC)c1ccc(/C=C(\CP(=O)(O)C(N)CC2CCCCC2)C(=O)O)cc1. The number of benzene rings is 1. The van der Waals surface area contributed by atoms with E-state index >= 15 is 0 Å². The molecule has 0 saturated heterocycles. The number of nitrogens with zero attached hydrogens (tertiary/aromatic N) is 1. The predicted octanol–water partition coefficient (Wildman–Crippen LogP) is 4.53. The van der Waals surface area contributed by atoms with Crippen molar-refractivity contribution >= 4 is 25.1 Å². The molecule has 2 rings (SSSR count). The van der Waals surface area contributed by atoms with Crippen molar-refractivity contribution in [1.29, 1.82) is 0 Å². The van der Waals surface area contributed by atoms with E-state index < -0.39 is 25.3 Å². The Balaban J connectivity index is 2.11. The summed E-state index contributed by atoms with van der Waals surface area (Å²) in [6.45, 7) is 5.93. The number of aliphatic carboxylic acids is 1. The Morgan fingerprint density at radius 1 is 1.21 bits per heavy atom. The van der Waals surface area contributed by atoms with E-state index in [-0.39, 0.29) is 5.57 Å².